The van der Waals surface area contributed by atoms with Crippen molar-refractivity contribution in [1.29, 1.82) is 0 Å². The predicted molar refractivity (Wildman–Crippen MR) is 124 cm³/mol. The van der Waals surface area contributed by atoms with Crippen molar-refractivity contribution in [2.45, 2.75) is 79.1 Å². The third kappa shape index (κ3) is 5.19. The predicted octanol–water partition coefficient (Wildman–Crippen LogP) is 7.11. The number of non-ortho nitro benzene ring substituents is 1. The van der Waals surface area contributed by atoms with Crippen LogP contribution in [-0.4, -0.2) is 16.0 Å². The summed E-state index contributed by atoms with van der Waals surface area (Å²) in [5, 5.41) is 20.2. The van der Waals surface area contributed by atoms with Gasteiger partial charge in [0.2, 0.25) is 0 Å². The lowest BCUT2D eigenvalue weighted by Crippen LogP contribution is -2.49. The Morgan fingerprint density at radius 3 is 2.55 bits per heavy atom. The number of rotatable bonds is 7. The number of nitro groups is 1. The third-order valence-electron chi connectivity index (χ3n) is 8.17. The van der Waals surface area contributed by atoms with Crippen molar-refractivity contribution >= 4 is 17.7 Å². The first-order valence-electron chi connectivity index (χ1n) is 11.7. The number of fused-ring (bicyclic) bond motifs is 1. The van der Waals surface area contributed by atoms with Gasteiger partial charge in [-0.1, -0.05) is 45.8 Å². The van der Waals surface area contributed by atoms with E-state index in [0.717, 1.165) is 24.8 Å². The van der Waals surface area contributed by atoms with E-state index in [4.69, 9.17) is 0 Å². The summed E-state index contributed by atoms with van der Waals surface area (Å²) in [7, 11) is 0. The molecule has 0 aliphatic heterocycles. The third-order valence-corrected chi connectivity index (χ3v) is 8.17. The van der Waals surface area contributed by atoms with Gasteiger partial charge in [0.1, 0.15) is 0 Å². The number of aliphatic carboxylic acids is 1. The molecule has 2 aliphatic carbocycles. The second-order valence-electron chi connectivity index (χ2n) is 10.8. The molecule has 5 nitrogen and oxygen atoms in total. The number of hydrogen-bond acceptors (Lipinski definition) is 3. The summed E-state index contributed by atoms with van der Waals surface area (Å²) in [6.45, 7) is 9.35. The van der Waals surface area contributed by atoms with Gasteiger partial charge in [0.05, 0.1) is 4.92 Å². The van der Waals surface area contributed by atoms with E-state index in [1.54, 1.807) is 12.1 Å². The molecular weight excluding hydrogens is 390 g/mol. The molecule has 0 heterocycles. The maximum absolute atomic E-state index is 11.2. The van der Waals surface area contributed by atoms with Crippen LogP contribution in [0.15, 0.2) is 29.8 Å². The number of benzene rings is 1. The second-order valence-corrected chi connectivity index (χ2v) is 10.8. The van der Waals surface area contributed by atoms with Gasteiger partial charge in [-0.25, -0.2) is 0 Å². The van der Waals surface area contributed by atoms with Crippen LogP contribution in [0.5, 0.6) is 0 Å². The lowest BCUT2D eigenvalue weighted by Gasteiger charge is -2.58. The minimum atomic E-state index is -0.722. The molecule has 0 aromatic heterocycles. The summed E-state index contributed by atoms with van der Waals surface area (Å²) in [4.78, 5) is 21.8. The van der Waals surface area contributed by atoms with Gasteiger partial charge < -0.3 is 5.11 Å². The first kappa shape index (κ1) is 23.5. The second kappa shape index (κ2) is 9.13. The molecule has 3 rings (SSSR count). The Bertz CT molecular complexity index is 841. The molecule has 1 aromatic carbocycles. The lowest BCUT2D eigenvalue weighted by molar-refractivity contribution is -0.384. The SMILES string of the molecule is CC(CC[C@H]1/C(=C/c2ccc([N+](=O)[O-])cc2)CC[C@H]2C(C)(C)CCC[C@]12C)CC(=O)O. The van der Waals surface area contributed by atoms with Crippen molar-refractivity contribution < 1.29 is 14.8 Å². The summed E-state index contributed by atoms with van der Waals surface area (Å²) < 4.78 is 0. The van der Waals surface area contributed by atoms with E-state index in [-0.39, 0.29) is 28.4 Å². The Morgan fingerprint density at radius 2 is 1.94 bits per heavy atom. The summed E-state index contributed by atoms with van der Waals surface area (Å²) in [6, 6.07) is 6.84. The molecule has 1 unspecified atom stereocenters. The Labute approximate surface area is 186 Å². The quantitative estimate of drug-likeness (QED) is 0.371. The first-order valence-corrected chi connectivity index (χ1v) is 11.7. The monoisotopic (exact) mass is 427 g/mol. The van der Waals surface area contributed by atoms with Crippen molar-refractivity contribution in [3.63, 3.8) is 0 Å². The van der Waals surface area contributed by atoms with Gasteiger partial charge in [-0.05, 0) is 84.8 Å². The number of carboxylic acid groups (broad SMARTS) is 1. The molecule has 5 heteroatoms. The molecule has 1 N–H and O–H groups in total. The average Bonchev–Trinajstić information content (AvgIpc) is 2.66. The Kier molecular flexibility index (Phi) is 6.92. The van der Waals surface area contributed by atoms with E-state index in [2.05, 4.69) is 26.8 Å². The largest absolute Gasteiger partial charge is 0.481 e. The molecule has 31 heavy (non-hydrogen) atoms. The van der Waals surface area contributed by atoms with E-state index in [1.807, 2.05) is 19.1 Å². The minimum Gasteiger partial charge on any atom is -0.481 e. The van der Waals surface area contributed by atoms with E-state index in [9.17, 15) is 20.0 Å². The fourth-order valence-corrected chi connectivity index (χ4v) is 6.66. The fourth-order valence-electron chi connectivity index (χ4n) is 6.66. The standard InChI is InChI=1S/C26H37NO4/c1-18(16-24(28)29)6-12-22-20(17-19-7-10-21(11-8-19)27(30)31)9-13-23-25(2,3)14-5-15-26(22,23)4/h7-8,10-11,17-18,22-23H,5-6,9,12-16H2,1-4H3,(H,28,29)/b20-17+/t18?,22-,23-,26+/m0/s1. The zero-order valence-corrected chi connectivity index (χ0v) is 19.4. The van der Waals surface area contributed by atoms with Crippen LogP contribution in [0.4, 0.5) is 5.69 Å². The van der Waals surface area contributed by atoms with E-state index >= 15 is 0 Å². The topological polar surface area (TPSA) is 80.4 Å². The highest BCUT2D eigenvalue weighted by atomic mass is 16.6. The van der Waals surface area contributed by atoms with Crippen LogP contribution in [0.2, 0.25) is 0 Å². The molecule has 2 fully saturated rings. The molecule has 1 aromatic rings. The minimum absolute atomic E-state index is 0.117. The van der Waals surface area contributed by atoms with Crippen LogP contribution in [-0.2, 0) is 4.79 Å². The smallest absolute Gasteiger partial charge is 0.303 e. The number of carboxylic acids is 1. The molecular formula is C26H37NO4. The summed E-state index contributed by atoms with van der Waals surface area (Å²) >= 11 is 0. The van der Waals surface area contributed by atoms with Gasteiger partial charge >= 0.3 is 5.97 Å². The number of hydrogen-bond donors (Lipinski definition) is 1. The lowest BCUT2D eigenvalue weighted by atomic mass is 9.47. The average molecular weight is 428 g/mol. The molecule has 0 radical (unpaired) electrons. The van der Waals surface area contributed by atoms with Gasteiger partial charge in [-0.15, -0.1) is 0 Å². The zero-order chi connectivity index (χ0) is 22.8. The van der Waals surface area contributed by atoms with Crippen molar-refractivity contribution in [1.82, 2.24) is 0 Å². The van der Waals surface area contributed by atoms with Gasteiger partial charge in [-0.2, -0.15) is 0 Å². The van der Waals surface area contributed by atoms with Crippen molar-refractivity contribution in [2.24, 2.45) is 28.6 Å². The number of nitrogens with zero attached hydrogens (tertiary/aromatic N) is 1. The Morgan fingerprint density at radius 1 is 1.26 bits per heavy atom. The highest BCUT2D eigenvalue weighted by Crippen LogP contribution is 2.62. The highest BCUT2D eigenvalue weighted by Gasteiger charge is 2.52. The van der Waals surface area contributed by atoms with E-state index in [0.29, 0.717) is 17.3 Å². The molecule has 2 saturated carbocycles. The van der Waals surface area contributed by atoms with Crippen LogP contribution in [0.25, 0.3) is 6.08 Å². The molecule has 2 aliphatic rings. The summed E-state index contributed by atoms with van der Waals surface area (Å²) in [6.07, 6.45) is 10.4. The Balaban J connectivity index is 1.91. The number of nitro benzene ring substituents is 1. The van der Waals surface area contributed by atoms with Crippen molar-refractivity contribution in [3.8, 4) is 0 Å². The maximum Gasteiger partial charge on any atom is 0.303 e. The van der Waals surface area contributed by atoms with E-state index < -0.39 is 5.97 Å². The van der Waals surface area contributed by atoms with Crippen LogP contribution in [0.1, 0.15) is 84.6 Å². The van der Waals surface area contributed by atoms with Crippen LogP contribution >= 0.6 is 0 Å². The maximum atomic E-state index is 11.2. The molecule has 170 valence electrons. The zero-order valence-electron chi connectivity index (χ0n) is 19.4. The van der Waals surface area contributed by atoms with Crippen LogP contribution < -0.4 is 0 Å². The molecule has 4 atom stereocenters. The molecule has 0 saturated heterocycles. The van der Waals surface area contributed by atoms with Crippen molar-refractivity contribution in [3.05, 3.63) is 45.5 Å². The number of allylic oxidation sites excluding steroid dienone is 1. The van der Waals surface area contributed by atoms with Crippen LogP contribution in [0.3, 0.4) is 0 Å². The Hall–Kier alpha value is -2.17. The molecule has 0 bridgehead atoms. The van der Waals surface area contributed by atoms with Gasteiger partial charge in [0.15, 0.2) is 0 Å². The van der Waals surface area contributed by atoms with Crippen LogP contribution in [0, 0.1) is 38.7 Å². The fraction of sp³-hybridized carbons (Fsp3) is 0.654. The highest BCUT2D eigenvalue weighted by molar-refractivity contribution is 5.66. The number of carbonyl (C=O) groups is 1. The first-order chi connectivity index (χ1) is 14.5. The molecule has 0 spiro atoms. The molecule has 0 amide bonds. The van der Waals surface area contributed by atoms with Gasteiger partial charge in [0, 0.05) is 18.6 Å². The van der Waals surface area contributed by atoms with Gasteiger partial charge in [0.25, 0.3) is 5.69 Å². The summed E-state index contributed by atoms with van der Waals surface area (Å²) in [5.41, 5.74) is 3.12. The van der Waals surface area contributed by atoms with Crippen molar-refractivity contribution in [2.75, 3.05) is 0 Å². The van der Waals surface area contributed by atoms with Gasteiger partial charge in [-0.3, -0.25) is 14.9 Å². The summed E-state index contributed by atoms with van der Waals surface area (Å²) in [5.74, 6) is 0.541. The normalized spacial score (nSPS) is 29.9. The van der Waals surface area contributed by atoms with E-state index in [1.165, 1.54) is 31.3 Å².